The first kappa shape index (κ1) is 20.6. The zero-order chi connectivity index (χ0) is 16.5. The summed E-state index contributed by atoms with van der Waals surface area (Å²) in [6.07, 6.45) is 4.76. The minimum Gasteiger partial charge on any atom is -0.340 e. The Morgan fingerprint density at radius 3 is 2.50 bits per heavy atom. The first-order valence-corrected chi connectivity index (χ1v) is 8.55. The van der Waals surface area contributed by atoms with Crippen molar-refractivity contribution < 1.29 is 4.79 Å². The van der Waals surface area contributed by atoms with Gasteiger partial charge in [0.05, 0.1) is 6.54 Å². The van der Waals surface area contributed by atoms with Crippen LogP contribution in [0, 0.1) is 0 Å². The van der Waals surface area contributed by atoms with E-state index in [1.54, 1.807) is 0 Å². The van der Waals surface area contributed by atoms with E-state index in [1.807, 2.05) is 41.0 Å². The molecule has 0 bridgehead atoms. The molecule has 0 N–H and O–H groups in total. The Balaban J connectivity index is 0.00000121. The highest BCUT2D eigenvalue weighted by molar-refractivity contribution is 5.96. The first-order valence-electron chi connectivity index (χ1n) is 8.55. The molecule has 2 aliphatic rings. The number of carbonyl (C=O) groups excluding carboxylic acids is 1. The van der Waals surface area contributed by atoms with Gasteiger partial charge in [-0.25, -0.2) is 4.98 Å². The van der Waals surface area contributed by atoms with Crippen LogP contribution in [0.5, 0.6) is 0 Å². The summed E-state index contributed by atoms with van der Waals surface area (Å²) in [5.74, 6) is 1.22. The molecule has 0 unspecified atom stereocenters. The largest absolute Gasteiger partial charge is 0.340 e. The minimum absolute atomic E-state index is 0. The van der Waals surface area contributed by atoms with Gasteiger partial charge in [-0.2, -0.15) is 0 Å². The lowest BCUT2D eigenvalue weighted by molar-refractivity contribution is -0.119. The third-order valence-corrected chi connectivity index (χ3v) is 5.00. The van der Waals surface area contributed by atoms with Crippen LogP contribution in [0.1, 0.15) is 5.56 Å². The van der Waals surface area contributed by atoms with Crippen LogP contribution >= 0.6 is 24.8 Å². The fourth-order valence-electron chi connectivity index (χ4n) is 3.64. The molecule has 2 aliphatic heterocycles. The summed E-state index contributed by atoms with van der Waals surface area (Å²) in [7, 11) is 2.02. The molecule has 4 rings (SSSR count). The number of piperazine rings is 1. The summed E-state index contributed by atoms with van der Waals surface area (Å²) in [6.45, 7) is 4.93. The molecule has 2 aromatic rings. The van der Waals surface area contributed by atoms with E-state index in [4.69, 9.17) is 0 Å². The van der Waals surface area contributed by atoms with Crippen molar-refractivity contribution in [1.82, 2.24) is 14.5 Å². The number of amides is 1. The van der Waals surface area contributed by atoms with Gasteiger partial charge in [0.25, 0.3) is 0 Å². The van der Waals surface area contributed by atoms with Crippen LogP contribution in [0.4, 0.5) is 11.6 Å². The standard InChI is InChI=1S/C18H23N5O.2ClH/c1-20-9-7-19-18(20)22-12-10-21(11-13-22)14-17(24)23-8-6-15-4-2-3-5-16(15)23;;/h2-5,7,9H,6,8,10-14H2,1H3;2*1H. The number of halogens is 2. The van der Waals surface area contributed by atoms with Gasteiger partial charge in [0.1, 0.15) is 0 Å². The number of fused-ring (bicyclic) bond motifs is 1. The Bertz CT molecular complexity index is 743. The van der Waals surface area contributed by atoms with Crippen molar-refractivity contribution in [3.05, 3.63) is 42.2 Å². The molecular formula is C18H25Cl2N5O. The maximum Gasteiger partial charge on any atom is 0.241 e. The van der Waals surface area contributed by atoms with Crippen LogP contribution < -0.4 is 9.80 Å². The Hall–Kier alpha value is -1.76. The Kier molecular flexibility index (Phi) is 6.92. The molecule has 1 aromatic carbocycles. The minimum atomic E-state index is 0. The fourth-order valence-corrected chi connectivity index (χ4v) is 3.64. The quantitative estimate of drug-likeness (QED) is 0.793. The number of aryl methyl sites for hydroxylation is 1. The molecule has 6 nitrogen and oxygen atoms in total. The zero-order valence-electron chi connectivity index (χ0n) is 14.9. The number of para-hydroxylation sites is 1. The second kappa shape index (κ2) is 8.75. The zero-order valence-corrected chi connectivity index (χ0v) is 16.5. The van der Waals surface area contributed by atoms with Gasteiger partial charge < -0.3 is 14.4 Å². The SMILES string of the molecule is Cl.Cl.Cn1ccnc1N1CCN(CC(=O)N2CCc3ccccc32)CC1. The number of aromatic nitrogens is 2. The van der Waals surface area contributed by atoms with Crippen LogP contribution in [0.2, 0.25) is 0 Å². The maximum absolute atomic E-state index is 12.7. The summed E-state index contributed by atoms with van der Waals surface area (Å²) in [4.78, 5) is 23.6. The molecule has 1 amide bonds. The van der Waals surface area contributed by atoms with E-state index in [9.17, 15) is 4.79 Å². The molecule has 1 saturated heterocycles. The molecule has 0 radical (unpaired) electrons. The number of benzene rings is 1. The van der Waals surface area contributed by atoms with Gasteiger partial charge in [-0.15, -0.1) is 24.8 Å². The normalized spacial score (nSPS) is 16.7. The average molecular weight is 398 g/mol. The fraction of sp³-hybridized carbons (Fsp3) is 0.444. The molecule has 142 valence electrons. The molecule has 0 atom stereocenters. The number of hydrogen-bond donors (Lipinski definition) is 0. The van der Waals surface area contributed by atoms with Gasteiger partial charge in [0.2, 0.25) is 11.9 Å². The van der Waals surface area contributed by atoms with Crippen LogP contribution in [-0.2, 0) is 18.3 Å². The molecule has 8 heteroatoms. The van der Waals surface area contributed by atoms with Gasteiger partial charge >= 0.3 is 0 Å². The van der Waals surface area contributed by atoms with Crippen LogP contribution in [-0.4, -0.2) is 59.6 Å². The first-order chi connectivity index (χ1) is 11.7. The lowest BCUT2D eigenvalue weighted by atomic mass is 10.2. The molecule has 0 spiro atoms. The highest BCUT2D eigenvalue weighted by atomic mass is 35.5. The monoisotopic (exact) mass is 397 g/mol. The van der Waals surface area contributed by atoms with Gasteiger partial charge in [-0.3, -0.25) is 9.69 Å². The van der Waals surface area contributed by atoms with Crippen LogP contribution in [0.25, 0.3) is 0 Å². The van der Waals surface area contributed by atoms with Crippen molar-refractivity contribution >= 4 is 42.4 Å². The van der Waals surface area contributed by atoms with Gasteiger partial charge in [0, 0.05) is 57.9 Å². The highest BCUT2D eigenvalue weighted by Gasteiger charge is 2.27. The predicted octanol–water partition coefficient (Wildman–Crippen LogP) is 1.97. The number of nitrogens with zero attached hydrogens (tertiary/aromatic N) is 5. The summed E-state index contributed by atoms with van der Waals surface area (Å²) in [5.41, 5.74) is 2.37. The smallest absolute Gasteiger partial charge is 0.241 e. The Labute approximate surface area is 166 Å². The second-order valence-corrected chi connectivity index (χ2v) is 6.53. The Morgan fingerprint density at radius 2 is 1.81 bits per heavy atom. The van der Waals surface area contributed by atoms with E-state index in [2.05, 4.69) is 26.9 Å². The summed E-state index contributed by atoms with van der Waals surface area (Å²) < 4.78 is 2.04. The molecule has 1 fully saturated rings. The van der Waals surface area contributed by atoms with E-state index < -0.39 is 0 Å². The number of hydrogen-bond acceptors (Lipinski definition) is 4. The van der Waals surface area contributed by atoms with E-state index in [0.29, 0.717) is 6.54 Å². The van der Waals surface area contributed by atoms with E-state index >= 15 is 0 Å². The Morgan fingerprint density at radius 1 is 1.08 bits per heavy atom. The predicted molar refractivity (Wildman–Crippen MR) is 109 cm³/mol. The van der Waals surface area contributed by atoms with E-state index in [-0.39, 0.29) is 30.7 Å². The van der Waals surface area contributed by atoms with Gasteiger partial charge in [-0.1, -0.05) is 18.2 Å². The van der Waals surface area contributed by atoms with Gasteiger partial charge in [-0.05, 0) is 18.1 Å². The number of anilines is 2. The maximum atomic E-state index is 12.7. The lowest BCUT2D eigenvalue weighted by Crippen LogP contribution is -2.50. The molecule has 0 aliphatic carbocycles. The van der Waals surface area contributed by atoms with Crippen molar-refractivity contribution in [2.45, 2.75) is 6.42 Å². The molecular weight excluding hydrogens is 373 g/mol. The molecule has 26 heavy (non-hydrogen) atoms. The molecule has 0 saturated carbocycles. The third kappa shape index (κ3) is 3.98. The van der Waals surface area contributed by atoms with Crippen molar-refractivity contribution in [3.8, 4) is 0 Å². The summed E-state index contributed by atoms with van der Waals surface area (Å²) in [6, 6.07) is 8.23. The third-order valence-electron chi connectivity index (χ3n) is 5.00. The van der Waals surface area contributed by atoms with E-state index in [0.717, 1.165) is 50.8 Å². The van der Waals surface area contributed by atoms with Crippen LogP contribution in [0.15, 0.2) is 36.7 Å². The van der Waals surface area contributed by atoms with Crippen molar-refractivity contribution in [2.75, 3.05) is 49.1 Å². The molecule has 3 heterocycles. The highest BCUT2D eigenvalue weighted by Crippen LogP contribution is 2.27. The summed E-state index contributed by atoms with van der Waals surface area (Å²) in [5, 5.41) is 0. The average Bonchev–Trinajstić information content (AvgIpc) is 3.22. The van der Waals surface area contributed by atoms with Crippen molar-refractivity contribution in [2.24, 2.45) is 7.05 Å². The van der Waals surface area contributed by atoms with Crippen LogP contribution in [0.3, 0.4) is 0 Å². The van der Waals surface area contributed by atoms with Gasteiger partial charge in [0.15, 0.2) is 0 Å². The van der Waals surface area contributed by atoms with Crippen molar-refractivity contribution in [3.63, 3.8) is 0 Å². The molecule has 1 aromatic heterocycles. The number of rotatable bonds is 3. The number of carbonyl (C=O) groups is 1. The van der Waals surface area contributed by atoms with Crippen molar-refractivity contribution in [1.29, 1.82) is 0 Å². The van der Waals surface area contributed by atoms with E-state index in [1.165, 1.54) is 5.56 Å². The lowest BCUT2D eigenvalue weighted by Gasteiger charge is -2.35. The topological polar surface area (TPSA) is 44.6 Å². The summed E-state index contributed by atoms with van der Waals surface area (Å²) >= 11 is 0. The second-order valence-electron chi connectivity index (χ2n) is 6.53. The number of imidazole rings is 1.